The van der Waals surface area contributed by atoms with Gasteiger partial charge in [0.15, 0.2) is 4.34 Å². The van der Waals surface area contributed by atoms with Crippen molar-refractivity contribution < 1.29 is 18.7 Å². The van der Waals surface area contributed by atoms with Gasteiger partial charge in [0.05, 0.1) is 18.6 Å². The number of ether oxygens (including phenoxy) is 1. The first-order chi connectivity index (χ1) is 13.0. The molecule has 0 saturated carbocycles. The summed E-state index contributed by atoms with van der Waals surface area (Å²) in [5, 5.41) is 4.19. The fourth-order valence-corrected chi connectivity index (χ4v) is 3.82. The Hall–Kier alpha value is -2.71. The molecule has 138 valence electrons. The minimum atomic E-state index is -0.464. The first-order valence-electron chi connectivity index (χ1n) is 7.87. The standard InChI is InChI=1S/C19H15FN2O3S2/c1-25-15-8-4-13(5-9-15)18(24)22-17(23)11-27-19-21-16(10-26-19)12-2-6-14(20)7-3-12/h2-10H,11H2,1H3,(H,22,23,24). The second-order valence-electron chi connectivity index (χ2n) is 5.40. The molecule has 0 spiro atoms. The molecule has 0 atom stereocenters. The van der Waals surface area contributed by atoms with Crippen LogP contribution in [-0.4, -0.2) is 29.7 Å². The van der Waals surface area contributed by atoms with Crippen LogP contribution in [0.4, 0.5) is 4.39 Å². The Labute approximate surface area is 163 Å². The predicted molar refractivity (Wildman–Crippen MR) is 104 cm³/mol. The Balaban J connectivity index is 1.53. The molecule has 0 aliphatic rings. The van der Waals surface area contributed by atoms with E-state index in [0.717, 1.165) is 11.3 Å². The largest absolute Gasteiger partial charge is 0.497 e. The molecule has 0 aliphatic carbocycles. The molecule has 1 N–H and O–H groups in total. The summed E-state index contributed by atoms with van der Waals surface area (Å²) in [4.78, 5) is 28.5. The summed E-state index contributed by atoms with van der Waals surface area (Å²) in [6, 6.07) is 12.5. The van der Waals surface area contributed by atoms with Crippen LogP contribution in [0.5, 0.6) is 5.75 Å². The summed E-state index contributed by atoms with van der Waals surface area (Å²) in [5.74, 6) is -0.470. The number of amides is 2. The average molecular weight is 402 g/mol. The molecule has 1 aromatic heterocycles. The van der Waals surface area contributed by atoms with Crippen molar-refractivity contribution >= 4 is 34.9 Å². The maximum atomic E-state index is 13.0. The van der Waals surface area contributed by atoms with E-state index in [4.69, 9.17) is 4.74 Å². The van der Waals surface area contributed by atoms with Crippen LogP contribution in [0.15, 0.2) is 58.3 Å². The van der Waals surface area contributed by atoms with Gasteiger partial charge in [-0.25, -0.2) is 9.37 Å². The normalized spacial score (nSPS) is 10.4. The van der Waals surface area contributed by atoms with Gasteiger partial charge in [-0.05, 0) is 48.5 Å². The quantitative estimate of drug-likeness (QED) is 0.631. The first-order valence-corrected chi connectivity index (χ1v) is 9.74. The van der Waals surface area contributed by atoms with Gasteiger partial charge < -0.3 is 4.74 Å². The third kappa shape index (κ3) is 5.15. The SMILES string of the molecule is COc1ccc(C(=O)NC(=O)CSc2nc(-c3ccc(F)cc3)cs2)cc1. The lowest BCUT2D eigenvalue weighted by atomic mass is 10.2. The highest BCUT2D eigenvalue weighted by Crippen LogP contribution is 2.28. The van der Waals surface area contributed by atoms with Gasteiger partial charge in [0.2, 0.25) is 5.91 Å². The monoisotopic (exact) mass is 402 g/mol. The smallest absolute Gasteiger partial charge is 0.257 e. The van der Waals surface area contributed by atoms with Crippen LogP contribution in [0.25, 0.3) is 11.3 Å². The lowest BCUT2D eigenvalue weighted by Gasteiger charge is -2.04. The van der Waals surface area contributed by atoms with Crippen LogP contribution in [0, 0.1) is 5.82 Å². The Morgan fingerprint density at radius 2 is 1.85 bits per heavy atom. The van der Waals surface area contributed by atoms with Gasteiger partial charge in [0.25, 0.3) is 5.91 Å². The Kier molecular flexibility index (Phi) is 6.20. The van der Waals surface area contributed by atoms with E-state index >= 15 is 0 Å². The molecule has 0 fully saturated rings. The van der Waals surface area contributed by atoms with Crippen molar-refractivity contribution in [1.29, 1.82) is 0 Å². The molecule has 8 heteroatoms. The van der Waals surface area contributed by atoms with Gasteiger partial charge >= 0.3 is 0 Å². The fourth-order valence-electron chi connectivity index (χ4n) is 2.18. The van der Waals surface area contributed by atoms with Crippen LogP contribution >= 0.6 is 23.1 Å². The van der Waals surface area contributed by atoms with Crippen LogP contribution in [0.1, 0.15) is 10.4 Å². The topological polar surface area (TPSA) is 68.3 Å². The predicted octanol–water partition coefficient (Wildman–Crippen LogP) is 4.01. The second-order valence-corrected chi connectivity index (χ2v) is 7.48. The van der Waals surface area contributed by atoms with Gasteiger partial charge in [0.1, 0.15) is 11.6 Å². The zero-order valence-corrected chi connectivity index (χ0v) is 15.9. The maximum Gasteiger partial charge on any atom is 0.257 e. The van der Waals surface area contributed by atoms with Gasteiger partial charge in [-0.1, -0.05) is 11.8 Å². The maximum absolute atomic E-state index is 13.0. The summed E-state index contributed by atoms with van der Waals surface area (Å²) in [7, 11) is 1.54. The van der Waals surface area contributed by atoms with Crippen LogP contribution in [0.3, 0.4) is 0 Å². The zero-order chi connectivity index (χ0) is 19.2. The number of nitrogens with one attached hydrogen (secondary N) is 1. The molecule has 2 aromatic carbocycles. The number of thiazole rings is 1. The number of nitrogens with zero attached hydrogens (tertiary/aromatic N) is 1. The number of imide groups is 1. The van der Waals surface area contributed by atoms with Crippen LogP contribution < -0.4 is 10.1 Å². The summed E-state index contributed by atoms with van der Waals surface area (Å²) >= 11 is 2.63. The molecule has 5 nitrogen and oxygen atoms in total. The molecule has 3 rings (SSSR count). The van der Waals surface area contributed by atoms with E-state index < -0.39 is 11.8 Å². The molecule has 2 amide bonds. The lowest BCUT2D eigenvalue weighted by molar-refractivity contribution is -0.117. The van der Waals surface area contributed by atoms with Crippen LogP contribution in [-0.2, 0) is 4.79 Å². The number of aromatic nitrogens is 1. The summed E-state index contributed by atoms with van der Waals surface area (Å²) < 4.78 is 18.7. The van der Waals surface area contributed by atoms with Crippen molar-refractivity contribution in [3.8, 4) is 17.0 Å². The summed E-state index contributed by atoms with van der Waals surface area (Å²) in [5.41, 5.74) is 1.90. The number of rotatable bonds is 6. The zero-order valence-electron chi connectivity index (χ0n) is 14.3. The van der Waals surface area contributed by atoms with E-state index in [2.05, 4.69) is 10.3 Å². The van der Waals surface area contributed by atoms with Crippen LogP contribution in [0.2, 0.25) is 0 Å². The molecule has 27 heavy (non-hydrogen) atoms. The number of methoxy groups -OCH3 is 1. The van der Waals surface area contributed by atoms with Gasteiger partial charge in [-0.2, -0.15) is 0 Å². The van der Waals surface area contributed by atoms with E-state index in [1.807, 2.05) is 5.38 Å². The van der Waals surface area contributed by atoms with E-state index in [-0.39, 0.29) is 11.6 Å². The van der Waals surface area contributed by atoms with Crippen molar-refractivity contribution in [2.75, 3.05) is 12.9 Å². The molecule has 0 aliphatic heterocycles. The van der Waals surface area contributed by atoms with Crippen molar-refractivity contribution in [2.45, 2.75) is 4.34 Å². The number of carbonyl (C=O) groups is 2. The highest BCUT2D eigenvalue weighted by Gasteiger charge is 2.12. The van der Waals surface area contributed by atoms with Gasteiger partial charge in [0, 0.05) is 16.5 Å². The minimum Gasteiger partial charge on any atom is -0.497 e. The fraction of sp³-hybridized carbons (Fsp3) is 0.105. The molecular weight excluding hydrogens is 387 g/mol. The van der Waals surface area contributed by atoms with E-state index in [0.29, 0.717) is 15.7 Å². The number of hydrogen-bond donors (Lipinski definition) is 1. The molecule has 0 saturated heterocycles. The van der Waals surface area contributed by atoms with Crippen molar-refractivity contribution in [1.82, 2.24) is 10.3 Å². The van der Waals surface area contributed by atoms with Crippen molar-refractivity contribution in [2.24, 2.45) is 0 Å². The Morgan fingerprint density at radius 1 is 1.15 bits per heavy atom. The van der Waals surface area contributed by atoms with Crippen molar-refractivity contribution in [3.05, 3.63) is 65.3 Å². The molecule has 0 radical (unpaired) electrons. The molecule has 0 bridgehead atoms. The van der Waals surface area contributed by atoms with Crippen molar-refractivity contribution in [3.63, 3.8) is 0 Å². The third-order valence-electron chi connectivity index (χ3n) is 3.55. The van der Waals surface area contributed by atoms with Gasteiger partial charge in [-0.15, -0.1) is 11.3 Å². The first kappa shape index (κ1) is 19.1. The number of hydrogen-bond acceptors (Lipinski definition) is 6. The number of halogens is 1. The number of benzene rings is 2. The average Bonchev–Trinajstić information content (AvgIpc) is 3.16. The van der Waals surface area contributed by atoms with E-state index in [1.165, 1.54) is 42.3 Å². The van der Waals surface area contributed by atoms with Gasteiger partial charge in [-0.3, -0.25) is 14.9 Å². The van der Waals surface area contributed by atoms with E-state index in [9.17, 15) is 14.0 Å². The molecular formula is C19H15FN2O3S2. The lowest BCUT2D eigenvalue weighted by Crippen LogP contribution is -2.31. The Morgan fingerprint density at radius 3 is 2.52 bits per heavy atom. The summed E-state index contributed by atoms with van der Waals surface area (Å²) in [6.07, 6.45) is 0. The number of thioether (sulfide) groups is 1. The molecule has 3 aromatic rings. The highest BCUT2D eigenvalue weighted by atomic mass is 32.2. The second kappa shape index (κ2) is 8.79. The third-order valence-corrected chi connectivity index (χ3v) is 5.58. The van der Waals surface area contributed by atoms with E-state index in [1.54, 1.807) is 36.4 Å². The minimum absolute atomic E-state index is 0.0677. The highest BCUT2D eigenvalue weighted by molar-refractivity contribution is 8.01. The number of carbonyl (C=O) groups excluding carboxylic acids is 2. The Bertz CT molecular complexity index is 940. The molecule has 1 heterocycles. The molecule has 0 unspecified atom stereocenters. The summed E-state index contributed by atoms with van der Waals surface area (Å²) in [6.45, 7) is 0.